The molecule has 0 atom stereocenters. The van der Waals surface area contributed by atoms with Gasteiger partial charge in [-0.1, -0.05) is 6.07 Å². The van der Waals surface area contributed by atoms with Crippen LogP contribution in [0.2, 0.25) is 0 Å². The summed E-state index contributed by atoms with van der Waals surface area (Å²) < 4.78 is 0. The molecule has 0 aromatic carbocycles. The summed E-state index contributed by atoms with van der Waals surface area (Å²) in [6.45, 7) is 3.68. The number of nitrogens with one attached hydrogen (secondary N) is 2. The number of rotatable bonds is 6. The molecule has 2 N–H and O–H groups in total. The van der Waals surface area contributed by atoms with Crippen LogP contribution in [0, 0.1) is 0 Å². The maximum absolute atomic E-state index is 11.4. The highest BCUT2D eigenvalue weighted by Gasteiger charge is 2.07. The van der Waals surface area contributed by atoms with E-state index >= 15 is 0 Å². The van der Waals surface area contributed by atoms with E-state index in [1.54, 1.807) is 0 Å². The van der Waals surface area contributed by atoms with Crippen molar-refractivity contribution in [3.63, 3.8) is 0 Å². The molecule has 0 aliphatic carbocycles. The average Bonchev–Trinajstić information content (AvgIpc) is 2.30. The Kier molecular flexibility index (Phi) is 5.42. The number of carbonyl (C=O) groups excluding carboxylic acids is 1. The van der Waals surface area contributed by atoms with E-state index < -0.39 is 0 Å². The summed E-state index contributed by atoms with van der Waals surface area (Å²) in [6.07, 6.45) is 1.82. The summed E-state index contributed by atoms with van der Waals surface area (Å²) in [6, 6.07) is 3.93. The second-order valence-electron chi connectivity index (χ2n) is 3.86. The van der Waals surface area contributed by atoms with E-state index in [4.69, 9.17) is 0 Å². The highest BCUT2D eigenvalue weighted by Crippen LogP contribution is 2.08. The topological polar surface area (TPSA) is 57.3 Å². The van der Waals surface area contributed by atoms with Crippen LogP contribution in [0.5, 0.6) is 0 Å². The van der Waals surface area contributed by atoms with Crippen molar-refractivity contribution in [2.45, 2.75) is 13.5 Å². The predicted octanol–water partition coefficient (Wildman–Crippen LogP) is 0.373. The van der Waals surface area contributed by atoms with E-state index in [2.05, 4.69) is 15.6 Å². The number of likely N-dealkylation sites (N-methyl/N-ethyl adjacent to an activating group) is 2. The third kappa shape index (κ3) is 4.40. The van der Waals surface area contributed by atoms with E-state index in [-0.39, 0.29) is 5.91 Å². The van der Waals surface area contributed by atoms with E-state index in [1.165, 1.54) is 0 Å². The number of carbonyl (C=O) groups is 1. The molecule has 0 aliphatic rings. The zero-order chi connectivity index (χ0) is 12.7. The molecule has 0 radical (unpaired) electrons. The molecule has 0 fully saturated rings. The molecule has 1 aromatic heterocycles. The summed E-state index contributed by atoms with van der Waals surface area (Å²) in [4.78, 5) is 17.5. The van der Waals surface area contributed by atoms with Gasteiger partial charge in [0.2, 0.25) is 5.91 Å². The highest BCUT2D eigenvalue weighted by molar-refractivity contribution is 5.80. The number of amides is 1. The van der Waals surface area contributed by atoms with Gasteiger partial charge in [-0.3, -0.25) is 4.79 Å². The molecule has 0 bridgehead atoms. The van der Waals surface area contributed by atoms with E-state index in [1.807, 2.05) is 44.2 Å². The zero-order valence-electron chi connectivity index (χ0n) is 10.7. The lowest BCUT2D eigenvalue weighted by Gasteiger charge is -2.17. The van der Waals surface area contributed by atoms with Crippen LogP contribution in [0.1, 0.15) is 12.5 Å². The molecule has 1 amide bonds. The normalized spacial score (nSPS) is 10.1. The Bertz CT molecular complexity index is 350. The van der Waals surface area contributed by atoms with E-state index in [0.29, 0.717) is 13.1 Å². The van der Waals surface area contributed by atoms with Crippen LogP contribution in [0.15, 0.2) is 18.3 Å². The molecular weight excluding hydrogens is 216 g/mol. The van der Waals surface area contributed by atoms with Gasteiger partial charge in [-0.05, 0) is 25.6 Å². The third-order valence-corrected chi connectivity index (χ3v) is 2.34. The lowest BCUT2D eigenvalue weighted by Crippen LogP contribution is -2.35. The smallest absolute Gasteiger partial charge is 0.239 e. The van der Waals surface area contributed by atoms with Crippen LogP contribution < -0.4 is 15.5 Å². The molecular formula is C12H20N4O. The van der Waals surface area contributed by atoms with Gasteiger partial charge in [-0.2, -0.15) is 0 Å². The fraction of sp³-hybridized carbons (Fsp3) is 0.500. The van der Waals surface area contributed by atoms with Gasteiger partial charge in [0.05, 0.1) is 6.54 Å². The first-order valence-corrected chi connectivity index (χ1v) is 5.74. The molecule has 17 heavy (non-hydrogen) atoms. The second-order valence-corrected chi connectivity index (χ2v) is 3.86. The number of aromatic nitrogens is 1. The van der Waals surface area contributed by atoms with Crippen molar-refractivity contribution in [3.05, 3.63) is 23.9 Å². The van der Waals surface area contributed by atoms with Gasteiger partial charge in [0.15, 0.2) is 0 Å². The maximum atomic E-state index is 11.4. The molecule has 5 nitrogen and oxygen atoms in total. The fourth-order valence-corrected chi connectivity index (χ4v) is 1.50. The van der Waals surface area contributed by atoms with Gasteiger partial charge in [0, 0.05) is 26.3 Å². The molecule has 1 rings (SSSR count). The first-order chi connectivity index (χ1) is 8.17. The number of anilines is 1. The largest absolute Gasteiger partial charge is 0.355 e. The Labute approximate surface area is 102 Å². The highest BCUT2D eigenvalue weighted by atomic mass is 16.2. The Morgan fingerprint density at radius 2 is 2.24 bits per heavy atom. The number of pyridine rings is 1. The van der Waals surface area contributed by atoms with Crippen molar-refractivity contribution in [2.75, 3.05) is 32.1 Å². The molecule has 1 heterocycles. The molecule has 0 saturated carbocycles. The molecule has 5 heteroatoms. The Balaban J connectivity index is 2.56. The number of hydrogen-bond acceptors (Lipinski definition) is 4. The van der Waals surface area contributed by atoms with Crippen LogP contribution >= 0.6 is 0 Å². The minimum atomic E-state index is 0.0103. The molecule has 1 aromatic rings. The minimum Gasteiger partial charge on any atom is -0.355 e. The molecule has 0 spiro atoms. The van der Waals surface area contributed by atoms with Gasteiger partial charge < -0.3 is 15.5 Å². The van der Waals surface area contributed by atoms with Gasteiger partial charge in [-0.25, -0.2) is 4.98 Å². The number of hydrogen-bond donors (Lipinski definition) is 2. The minimum absolute atomic E-state index is 0.0103. The molecule has 0 unspecified atom stereocenters. The van der Waals surface area contributed by atoms with Crippen molar-refractivity contribution < 1.29 is 4.79 Å². The van der Waals surface area contributed by atoms with Gasteiger partial charge in [0.1, 0.15) is 5.82 Å². The van der Waals surface area contributed by atoms with E-state index in [0.717, 1.165) is 17.9 Å². The molecule has 0 saturated heterocycles. The first-order valence-electron chi connectivity index (χ1n) is 5.74. The Hall–Kier alpha value is -1.62. The van der Waals surface area contributed by atoms with Crippen molar-refractivity contribution in [1.29, 1.82) is 0 Å². The van der Waals surface area contributed by atoms with Crippen LogP contribution in [0.25, 0.3) is 0 Å². The first kappa shape index (κ1) is 13.4. The second kappa shape index (κ2) is 6.85. The van der Waals surface area contributed by atoms with Crippen molar-refractivity contribution in [2.24, 2.45) is 0 Å². The summed E-state index contributed by atoms with van der Waals surface area (Å²) in [5, 5.41) is 5.82. The third-order valence-electron chi connectivity index (χ3n) is 2.34. The standard InChI is InChI=1S/C12H20N4O/c1-4-14-12(17)9-16(3)11-6-5-10(7-13-2)8-15-11/h5-6,8,13H,4,7,9H2,1-3H3,(H,14,17). The van der Waals surface area contributed by atoms with Crippen LogP contribution in [-0.2, 0) is 11.3 Å². The van der Waals surface area contributed by atoms with Crippen molar-refractivity contribution in [1.82, 2.24) is 15.6 Å². The maximum Gasteiger partial charge on any atom is 0.239 e. The monoisotopic (exact) mass is 236 g/mol. The molecule has 94 valence electrons. The number of nitrogens with zero attached hydrogens (tertiary/aromatic N) is 2. The van der Waals surface area contributed by atoms with E-state index in [9.17, 15) is 4.79 Å². The summed E-state index contributed by atoms with van der Waals surface area (Å²) in [5.74, 6) is 0.812. The van der Waals surface area contributed by atoms with Gasteiger partial charge in [0.25, 0.3) is 0 Å². The average molecular weight is 236 g/mol. The van der Waals surface area contributed by atoms with Gasteiger partial charge >= 0.3 is 0 Å². The molecule has 0 aliphatic heterocycles. The predicted molar refractivity (Wildman–Crippen MR) is 69.0 cm³/mol. The summed E-state index contributed by atoms with van der Waals surface area (Å²) >= 11 is 0. The lowest BCUT2D eigenvalue weighted by molar-refractivity contribution is -0.119. The van der Waals surface area contributed by atoms with Crippen molar-refractivity contribution in [3.8, 4) is 0 Å². The SMILES string of the molecule is CCNC(=O)CN(C)c1ccc(CNC)cn1. The lowest BCUT2D eigenvalue weighted by atomic mass is 10.3. The quantitative estimate of drug-likeness (QED) is 0.749. The zero-order valence-corrected chi connectivity index (χ0v) is 10.7. The van der Waals surface area contributed by atoms with Crippen LogP contribution in [0.4, 0.5) is 5.82 Å². The Morgan fingerprint density at radius 1 is 1.47 bits per heavy atom. The summed E-state index contributed by atoms with van der Waals surface area (Å²) in [7, 11) is 3.75. The van der Waals surface area contributed by atoms with Gasteiger partial charge in [-0.15, -0.1) is 0 Å². The van der Waals surface area contributed by atoms with Crippen molar-refractivity contribution >= 4 is 11.7 Å². The Morgan fingerprint density at radius 3 is 2.76 bits per heavy atom. The van der Waals surface area contributed by atoms with Crippen LogP contribution in [-0.4, -0.2) is 38.1 Å². The fourth-order valence-electron chi connectivity index (χ4n) is 1.50. The summed E-state index contributed by atoms with van der Waals surface area (Å²) in [5.41, 5.74) is 1.13. The van der Waals surface area contributed by atoms with Crippen LogP contribution in [0.3, 0.4) is 0 Å².